The molecule has 0 aliphatic carbocycles. The van der Waals surface area contributed by atoms with Gasteiger partial charge in [0.1, 0.15) is 6.61 Å². The summed E-state index contributed by atoms with van der Waals surface area (Å²) in [5.74, 6) is 5.16. The molecule has 0 unspecified atom stereocenters. The van der Waals surface area contributed by atoms with E-state index in [-0.39, 0.29) is 12.4 Å². The van der Waals surface area contributed by atoms with E-state index in [1.807, 2.05) is 0 Å². The summed E-state index contributed by atoms with van der Waals surface area (Å²) < 4.78 is 25.8. The van der Waals surface area contributed by atoms with Crippen LogP contribution in [-0.2, 0) is 10.0 Å². The smallest absolute Gasteiger partial charge is 0.232 e. The maximum absolute atomic E-state index is 11.7. The standard InChI is InChI=1S/C12H14ClNO3S/c1-2-8-18(16,17)14-12-6-5-11(13)9-10(12)4-3-7-15/h5-6,9,14-15H,2,7-8H2,1H3. The van der Waals surface area contributed by atoms with Crippen LogP contribution in [0.15, 0.2) is 18.2 Å². The van der Waals surface area contributed by atoms with Gasteiger partial charge in [-0.25, -0.2) is 8.42 Å². The van der Waals surface area contributed by atoms with Crippen LogP contribution in [0, 0.1) is 11.8 Å². The minimum absolute atomic E-state index is 0.0441. The Morgan fingerprint density at radius 1 is 1.44 bits per heavy atom. The van der Waals surface area contributed by atoms with Crippen LogP contribution < -0.4 is 4.72 Å². The molecule has 4 nitrogen and oxygen atoms in total. The number of aliphatic hydroxyl groups is 1. The summed E-state index contributed by atoms with van der Waals surface area (Å²) in [6.45, 7) is 1.49. The third-order valence-electron chi connectivity index (χ3n) is 2.02. The minimum Gasteiger partial charge on any atom is -0.384 e. The maximum Gasteiger partial charge on any atom is 0.232 e. The number of anilines is 1. The van der Waals surface area contributed by atoms with Crippen molar-refractivity contribution in [3.8, 4) is 11.8 Å². The summed E-state index contributed by atoms with van der Waals surface area (Å²) in [5, 5.41) is 9.11. The summed E-state index contributed by atoms with van der Waals surface area (Å²) in [7, 11) is -3.37. The fraction of sp³-hybridized carbons (Fsp3) is 0.333. The average Bonchev–Trinajstić information content (AvgIpc) is 2.29. The van der Waals surface area contributed by atoms with Crippen LogP contribution in [-0.4, -0.2) is 25.9 Å². The molecule has 0 heterocycles. The normalized spacial score (nSPS) is 10.6. The number of hydrogen-bond donors (Lipinski definition) is 2. The number of sulfonamides is 1. The predicted molar refractivity (Wildman–Crippen MR) is 73.1 cm³/mol. The van der Waals surface area contributed by atoms with Gasteiger partial charge in [0, 0.05) is 5.02 Å². The second-order valence-corrected chi connectivity index (χ2v) is 5.85. The zero-order valence-corrected chi connectivity index (χ0v) is 11.5. The van der Waals surface area contributed by atoms with Crippen LogP contribution in [0.1, 0.15) is 18.9 Å². The van der Waals surface area contributed by atoms with Gasteiger partial charge in [-0.2, -0.15) is 0 Å². The Morgan fingerprint density at radius 2 is 2.17 bits per heavy atom. The zero-order chi connectivity index (χ0) is 13.6. The van der Waals surface area contributed by atoms with Gasteiger partial charge in [-0.05, 0) is 24.6 Å². The molecular weight excluding hydrogens is 274 g/mol. The molecule has 1 aromatic rings. The van der Waals surface area contributed by atoms with Gasteiger partial charge >= 0.3 is 0 Å². The largest absolute Gasteiger partial charge is 0.384 e. The highest BCUT2D eigenvalue weighted by Gasteiger charge is 2.11. The van der Waals surface area contributed by atoms with E-state index in [0.717, 1.165) is 0 Å². The Labute approximate surface area is 112 Å². The van der Waals surface area contributed by atoms with E-state index in [1.54, 1.807) is 25.1 Å². The van der Waals surface area contributed by atoms with Crippen molar-refractivity contribution in [1.29, 1.82) is 0 Å². The Morgan fingerprint density at radius 3 is 2.78 bits per heavy atom. The molecule has 0 atom stereocenters. The minimum atomic E-state index is -3.37. The predicted octanol–water partition coefficient (Wildman–Crippen LogP) is 1.84. The lowest BCUT2D eigenvalue weighted by Crippen LogP contribution is -2.16. The highest BCUT2D eigenvalue weighted by atomic mass is 35.5. The maximum atomic E-state index is 11.7. The number of halogens is 1. The summed E-state index contributed by atoms with van der Waals surface area (Å²) >= 11 is 5.82. The van der Waals surface area contributed by atoms with Gasteiger partial charge in [0.25, 0.3) is 0 Å². The van der Waals surface area contributed by atoms with E-state index in [9.17, 15) is 8.42 Å². The van der Waals surface area contributed by atoms with Crippen LogP contribution >= 0.6 is 11.6 Å². The molecule has 98 valence electrons. The van der Waals surface area contributed by atoms with Crippen LogP contribution in [0.2, 0.25) is 5.02 Å². The quantitative estimate of drug-likeness (QED) is 0.831. The third kappa shape index (κ3) is 4.57. The second kappa shape index (κ2) is 6.64. The highest BCUT2D eigenvalue weighted by Crippen LogP contribution is 2.21. The number of nitrogens with one attached hydrogen (secondary N) is 1. The van der Waals surface area contributed by atoms with Crippen molar-refractivity contribution in [1.82, 2.24) is 0 Å². The topological polar surface area (TPSA) is 66.4 Å². The highest BCUT2D eigenvalue weighted by molar-refractivity contribution is 7.92. The monoisotopic (exact) mass is 287 g/mol. The van der Waals surface area contributed by atoms with Crippen molar-refractivity contribution >= 4 is 27.3 Å². The molecule has 2 N–H and O–H groups in total. The van der Waals surface area contributed by atoms with Gasteiger partial charge in [-0.3, -0.25) is 4.72 Å². The van der Waals surface area contributed by atoms with Gasteiger partial charge < -0.3 is 5.11 Å². The van der Waals surface area contributed by atoms with E-state index < -0.39 is 10.0 Å². The molecule has 18 heavy (non-hydrogen) atoms. The summed E-state index contributed by atoms with van der Waals surface area (Å²) in [4.78, 5) is 0. The van der Waals surface area contributed by atoms with Crippen LogP contribution in [0.3, 0.4) is 0 Å². The zero-order valence-electron chi connectivity index (χ0n) is 9.90. The summed E-state index contributed by atoms with van der Waals surface area (Å²) in [5.41, 5.74) is 0.810. The molecule has 0 aromatic heterocycles. The molecule has 0 saturated carbocycles. The van der Waals surface area contributed by atoms with E-state index in [2.05, 4.69) is 16.6 Å². The van der Waals surface area contributed by atoms with Crippen molar-refractivity contribution in [3.05, 3.63) is 28.8 Å². The van der Waals surface area contributed by atoms with Gasteiger partial charge in [-0.1, -0.05) is 30.4 Å². The first kappa shape index (κ1) is 14.8. The number of aliphatic hydroxyl groups excluding tert-OH is 1. The third-order valence-corrected chi connectivity index (χ3v) is 3.73. The van der Waals surface area contributed by atoms with Gasteiger partial charge in [-0.15, -0.1) is 0 Å². The van der Waals surface area contributed by atoms with E-state index in [4.69, 9.17) is 16.7 Å². The van der Waals surface area contributed by atoms with Gasteiger partial charge in [0.2, 0.25) is 10.0 Å². The molecule has 6 heteroatoms. The van der Waals surface area contributed by atoms with Crippen molar-refractivity contribution in [2.24, 2.45) is 0 Å². The van der Waals surface area contributed by atoms with Gasteiger partial charge in [0.15, 0.2) is 0 Å². The summed E-state index contributed by atoms with van der Waals surface area (Å²) in [6, 6.07) is 4.68. The van der Waals surface area contributed by atoms with Crippen molar-refractivity contribution < 1.29 is 13.5 Å². The molecule has 0 aliphatic heterocycles. The molecule has 1 rings (SSSR count). The van der Waals surface area contributed by atoms with E-state index >= 15 is 0 Å². The number of hydrogen-bond acceptors (Lipinski definition) is 3. The van der Waals surface area contributed by atoms with Crippen molar-refractivity contribution in [2.75, 3.05) is 17.1 Å². The average molecular weight is 288 g/mol. The first-order valence-corrected chi connectivity index (χ1v) is 7.41. The van der Waals surface area contributed by atoms with Gasteiger partial charge in [0.05, 0.1) is 17.0 Å². The Kier molecular flexibility index (Phi) is 5.48. The fourth-order valence-electron chi connectivity index (χ4n) is 1.33. The Bertz CT molecular complexity index is 573. The van der Waals surface area contributed by atoms with Crippen LogP contribution in [0.4, 0.5) is 5.69 Å². The molecule has 0 saturated heterocycles. The molecule has 0 spiro atoms. The van der Waals surface area contributed by atoms with E-state index in [0.29, 0.717) is 22.7 Å². The Hall–Kier alpha value is -1.22. The molecule has 0 fully saturated rings. The lowest BCUT2D eigenvalue weighted by molar-refractivity contribution is 0.350. The number of benzene rings is 1. The second-order valence-electron chi connectivity index (χ2n) is 3.57. The first-order chi connectivity index (χ1) is 8.48. The lowest BCUT2D eigenvalue weighted by atomic mass is 10.2. The summed E-state index contributed by atoms with van der Waals surface area (Å²) in [6.07, 6.45) is 0.528. The van der Waals surface area contributed by atoms with Crippen molar-refractivity contribution in [3.63, 3.8) is 0 Å². The molecule has 0 bridgehead atoms. The molecule has 0 amide bonds. The SMILES string of the molecule is CCCS(=O)(=O)Nc1ccc(Cl)cc1C#CCO. The van der Waals surface area contributed by atoms with Crippen LogP contribution in [0.5, 0.6) is 0 Å². The molecular formula is C12H14ClNO3S. The Balaban J connectivity index is 3.09. The van der Waals surface area contributed by atoms with Crippen LogP contribution in [0.25, 0.3) is 0 Å². The molecule has 0 radical (unpaired) electrons. The number of rotatable bonds is 4. The van der Waals surface area contributed by atoms with E-state index in [1.165, 1.54) is 0 Å². The molecule has 1 aromatic carbocycles. The fourth-order valence-corrected chi connectivity index (χ4v) is 2.66. The van der Waals surface area contributed by atoms with Crippen molar-refractivity contribution in [2.45, 2.75) is 13.3 Å². The molecule has 0 aliphatic rings. The first-order valence-electron chi connectivity index (χ1n) is 5.38. The lowest BCUT2D eigenvalue weighted by Gasteiger charge is -2.09.